The topological polar surface area (TPSA) is 8.17 Å². The van der Waals surface area contributed by atoms with E-state index in [1.165, 1.54) is 71.5 Å². The Hall–Kier alpha value is -7.94. The minimum absolute atomic E-state index is 0.536. The summed E-state index contributed by atoms with van der Waals surface area (Å²) in [6, 6.07) is 89.2. The van der Waals surface area contributed by atoms with Crippen molar-refractivity contribution in [1.29, 1.82) is 0 Å². The van der Waals surface area contributed by atoms with Crippen LogP contribution in [0.5, 0.6) is 0 Å². The SMILES string of the molecule is c1ccc(-c2c(N(c3ccc4c(c3)C(c3ccccc3)(c3ccccc3)c3ccccc3-4)c3ccc4ccccc4c3)ccc3c4ccccc4n(-c4ccccc4)c23)cc1. The van der Waals surface area contributed by atoms with Crippen molar-refractivity contribution in [1.82, 2.24) is 4.57 Å². The molecule has 0 amide bonds. The van der Waals surface area contributed by atoms with Gasteiger partial charge in [-0.2, -0.15) is 0 Å². The monoisotopic (exact) mass is 776 g/mol. The number of hydrogen-bond acceptors (Lipinski definition) is 1. The first-order chi connectivity index (χ1) is 30.3. The zero-order chi connectivity index (χ0) is 40.3. The van der Waals surface area contributed by atoms with Crippen LogP contribution in [0.4, 0.5) is 17.1 Å². The number of para-hydroxylation sites is 2. The summed E-state index contributed by atoms with van der Waals surface area (Å²) >= 11 is 0. The zero-order valence-corrected chi connectivity index (χ0v) is 33.5. The lowest BCUT2D eigenvalue weighted by molar-refractivity contribution is 0.768. The lowest BCUT2D eigenvalue weighted by Gasteiger charge is -2.35. The van der Waals surface area contributed by atoms with Crippen LogP contribution in [0.3, 0.4) is 0 Å². The van der Waals surface area contributed by atoms with Crippen LogP contribution in [0.25, 0.3) is 60.5 Å². The maximum atomic E-state index is 2.51. The lowest BCUT2D eigenvalue weighted by atomic mass is 9.67. The Labute approximate surface area is 355 Å². The second-order valence-corrected chi connectivity index (χ2v) is 16.0. The molecule has 1 aliphatic carbocycles. The van der Waals surface area contributed by atoms with Crippen LogP contribution >= 0.6 is 0 Å². The minimum Gasteiger partial charge on any atom is -0.310 e. The minimum atomic E-state index is -0.536. The Kier molecular flexibility index (Phi) is 8.11. The van der Waals surface area contributed by atoms with Crippen molar-refractivity contribution in [2.24, 2.45) is 0 Å². The molecule has 12 rings (SSSR count). The molecule has 0 aliphatic heterocycles. The van der Waals surface area contributed by atoms with Crippen LogP contribution < -0.4 is 4.90 Å². The largest absolute Gasteiger partial charge is 0.310 e. The maximum Gasteiger partial charge on any atom is 0.0714 e. The third-order valence-corrected chi connectivity index (χ3v) is 12.8. The Morgan fingerprint density at radius 2 is 0.951 bits per heavy atom. The van der Waals surface area contributed by atoms with Gasteiger partial charge in [-0.1, -0.05) is 194 Å². The van der Waals surface area contributed by atoms with Crippen LogP contribution in [0.15, 0.2) is 243 Å². The molecule has 0 atom stereocenters. The first kappa shape index (κ1) is 35.0. The second-order valence-electron chi connectivity index (χ2n) is 16.0. The molecule has 0 bridgehead atoms. The second kappa shape index (κ2) is 14.1. The van der Waals surface area contributed by atoms with E-state index in [4.69, 9.17) is 0 Å². The smallest absolute Gasteiger partial charge is 0.0714 e. The van der Waals surface area contributed by atoms with Gasteiger partial charge < -0.3 is 9.47 Å². The fourth-order valence-corrected chi connectivity index (χ4v) is 10.3. The average molecular weight is 777 g/mol. The van der Waals surface area contributed by atoms with Crippen molar-refractivity contribution in [3.63, 3.8) is 0 Å². The van der Waals surface area contributed by atoms with Crippen molar-refractivity contribution in [2.45, 2.75) is 5.41 Å². The Bertz CT molecular complexity index is 3360. The fourth-order valence-electron chi connectivity index (χ4n) is 10.3. The van der Waals surface area contributed by atoms with E-state index in [9.17, 15) is 0 Å². The Morgan fingerprint density at radius 1 is 0.377 bits per heavy atom. The number of fused-ring (bicyclic) bond motifs is 7. The highest BCUT2D eigenvalue weighted by atomic mass is 15.1. The van der Waals surface area contributed by atoms with Crippen LogP contribution in [-0.2, 0) is 5.41 Å². The van der Waals surface area contributed by atoms with E-state index in [1.807, 2.05) is 0 Å². The molecule has 2 nitrogen and oxygen atoms in total. The maximum absolute atomic E-state index is 2.51. The van der Waals surface area contributed by atoms with E-state index in [-0.39, 0.29) is 0 Å². The molecular weight excluding hydrogens is 737 g/mol. The molecular formula is C59H40N2. The van der Waals surface area contributed by atoms with Crippen molar-refractivity contribution in [3.8, 4) is 27.9 Å². The van der Waals surface area contributed by atoms with E-state index in [0.717, 1.165) is 28.3 Å². The Balaban J connectivity index is 1.21. The summed E-state index contributed by atoms with van der Waals surface area (Å²) in [5, 5.41) is 4.86. The van der Waals surface area contributed by atoms with Gasteiger partial charge in [0, 0.05) is 33.4 Å². The average Bonchev–Trinajstić information content (AvgIpc) is 3.83. The van der Waals surface area contributed by atoms with Crippen LogP contribution in [-0.4, -0.2) is 4.57 Å². The third-order valence-electron chi connectivity index (χ3n) is 12.8. The van der Waals surface area contributed by atoms with Crippen molar-refractivity contribution < 1.29 is 0 Å². The van der Waals surface area contributed by atoms with E-state index >= 15 is 0 Å². The molecule has 0 fully saturated rings. The van der Waals surface area contributed by atoms with Crippen LogP contribution in [0.2, 0.25) is 0 Å². The summed E-state index contributed by atoms with van der Waals surface area (Å²) in [5.41, 5.74) is 16.2. The van der Waals surface area contributed by atoms with Gasteiger partial charge in [0.15, 0.2) is 0 Å². The molecule has 286 valence electrons. The normalized spacial score (nSPS) is 12.7. The van der Waals surface area contributed by atoms with E-state index in [2.05, 4.69) is 252 Å². The quantitative estimate of drug-likeness (QED) is 0.156. The highest BCUT2D eigenvalue weighted by molar-refractivity contribution is 6.17. The van der Waals surface area contributed by atoms with E-state index in [1.54, 1.807) is 0 Å². The summed E-state index contributed by atoms with van der Waals surface area (Å²) in [6.07, 6.45) is 0. The van der Waals surface area contributed by atoms with E-state index < -0.39 is 5.41 Å². The van der Waals surface area contributed by atoms with Gasteiger partial charge in [-0.05, 0) is 98.2 Å². The van der Waals surface area contributed by atoms with Gasteiger partial charge >= 0.3 is 0 Å². The standard InChI is InChI=1S/C59H40N2/c1-5-20-42(21-6-1)57-56(38-37-52-51-30-16-18-32-55(51)61(58(52)57)46-27-11-4-12-28-46)60(47-34-33-41-19-13-14-22-43(41)39-47)48-35-36-50-49-29-15-17-31-53(49)59(54(50)40-48,44-23-7-2-8-24-44)45-25-9-3-10-26-45/h1-40H. The zero-order valence-electron chi connectivity index (χ0n) is 33.5. The number of rotatable bonds is 7. The molecule has 1 aliphatic rings. The first-order valence-electron chi connectivity index (χ1n) is 21.1. The summed E-state index contributed by atoms with van der Waals surface area (Å²) in [5.74, 6) is 0. The molecule has 61 heavy (non-hydrogen) atoms. The fraction of sp³-hybridized carbons (Fsp3) is 0.0169. The summed E-state index contributed by atoms with van der Waals surface area (Å²) < 4.78 is 2.46. The van der Waals surface area contributed by atoms with Gasteiger partial charge in [0.05, 0.1) is 22.1 Å². The molecule has 0 N–H and O–H groups in total. The molecule has 0 radical (unpaired) electrons. The Morgan fingerprint density at radius 3 is 1.70 bits per heavy atom. The number of benzene rings is 10. The van der Waals surface area contributed by atoms with Gasteiger partial charge in [-0.25, -0.2) is 0 Å². The van der Waals surface area contributed by atoms with Crippen molar-refractivity contribution in [2.75, 3.05) is 4.90 Å². The molecule has 0 spiro atoms. The van der Waals surface area contributed by atoms with Gasteiger partial charge in [-0.3, -0.25) is 0 Å². The number of aromatic nitrogens is 1. The number of hydrogen-bond donors (Lipinski definition) is 0. The van der Waals surface area contributed by atoms with Crippen molar-refractivity contribution >= 4 is 49.6 Å². The molecule has 0 unspecified atom stereocenters. The highest BCUT2D eigenvalue weighted by Crippen LogP contribution is 2.58. The molecule has 1 heterocycles. The van der Waals surface area contributed by atoms with Gasteiger partial charge in [0.25, 0.3) is 0 Å². The van der Waals surface area contributed by atoms with Crippen LogP contribution in [0.1, 0.15) is 22.3 Å². The van der Waals surface area contributed by atoms with Gasteiger partial charge in [0.2, 0.25) is 0 Å². The first-order valence-corrected chi connectivity index (χ1v) is 21.1. The predicted octanol–water partition coefficient (Wildman–Crippen LogP) is 15.4. The van der Waals surface area contributed by atoms with Gasteiger partial charge in [0.1, 0.15) is 0 Å². The van der Waals surface area contributed by atoms with Crippen LogP contribution in [0, 0.1) is 0 Å². The highest BCUT2D eigenvalue weighted by Gasteiger charge is 2.46. The number of anilines is 3. The summed E-state index contributed by atoms with van der Waals surface area (Å²) in [6.45, 7) is 0. The molecule has 0 saturated heterocycles. The summed E-state index contributed by atoms with van der Waals surface area (Å²) in [7, 11) is 0. The number of nitrogens with zero attached hydrogens (tertiary/aromatic N) is 2. The van der Waals surface area contributed by atoms with Gasteiger partial charge in [-0.15, -0.1) is 0 Å². The molecule has 0 saturated carbocycles. The molecule has 1 aromatic heterocycles. The van der Waals surface area contributed by atoms with E-state index in [0.29, 0.717) is 0 Å². The third kappa shape index (κ3) is 5.36. The molecule has 11 aromatic rings. The summed E-state index contributed by atoms with van der Waals surface area (Å²) in [4.78, 5) is 2.51. The predicted molar refractivity (Wildman–Crippen MR) is 256 cm³/mol. The van der Waals surface area contributed by atoms with Crippen molar-refractivity contribution in [3.05, 3.63) is 265 Å². The molecule has 2 heteroatoms. The lowest BCUT2D eigenvalue weighted by Crippen LogP contribution is -2.28. The molecule has 10 aromatic carbocycles.